The molecular weight excluding hydrogens is 268 g/mol. The first-order chi connectivity index (χ1) is 10.3. The van der Waals surface area contributed by atoms with Crippen molar-refractivity contribution in [2.45, 2.75) is 44.6 Å². The average Bonchev–Trinajstić information content (AvgIpc) is 3.33. The van der Waals surface area contributed by atoms with Crippen molar-refractivity contribution < 1.29 is 9.53 Å². The topological polar surface area (TPSA) is 67.3 Å². The summed E-state index contributed by atoms with van der Waals surface area (Å²) in [4.78, 5) is 14.0. The molecule has 1 aromatic heterocycles. The monoisotopic (exact) mass is 290 g/mol. The van der Waals surface area contributed by atoms with Gasteiger partial charge in [0.1, 0.15) is 0 Å². The molecule has 1 atom stereocenters. The van der Waals surface area contributed by atoms with E-state index in [1.165, 1.54) is 12.8 Å². The van der Waals surface area contributed by atoms with Crippen LogP contribution in [0.15, 0.2) is 12.1 Å². The van der Waals surface area contributed by atoms with E-state index in [4.69, 9.17) is 4.74 Å². The summed E-state index contributed by atoms with van der Waals surface area (Å²) in [6, 6.07) is 3.68. The van der Waals surface area contributed by atoms with E-state index in [0.29, 0.717) is 24.9 Å². The van der Waals surface area contributed by atoms with E-state index in [1.807, 2.05) is 19.1 Å². The van der Waals surface area contributed by atoms with Crippen LogP contribution in [0.1, 0.15) is 44.2 Å². The largest absolute Gasteiger partial charge is 0.377 e. The Morgan fingerprint density at radius 2 is 2.24 bits per heavy atom. The van der Waals surface area contributed by atoms with E-state index in [9.17, 15) is 4.79 Å². The lowest BCUT2D eigenvalue weighted by molar-refractivity contribution is 0.0181. The molecule has 0 bridgehead atoms. The standard InChI is InChI=1S/C15H22N4O2/c1-2-21-12-4-3-9-19(10-12)15(20)16-14-8-7-13(17-18-14)11-5-6-11/h7-8,11-12H,2-6,9-10H2,1H3,(H,16,18,20). The second-order valence-corrected chi connectivity index (χ2v) is 5.71. The number of rotatable bonds is 4. The summed E-state index contributed by atoms with van der Waals surface area (Å²) in [5.41, 5.74) is 1.03. The maximum Gasteiger partial charge on any atom is 0.323 e. The van der Waals surface area contributed by atoms with Crippen molar-refractivity contribution in [3.63, 3.8) is 0 Å². The number of ether oxygens (including phenoxy) is 1. The Bertz CT molecular complexity index is 485. The summed E-state index contributed by atoms with van der Waals surface area (Å²) >= 11 is 0. The van der Waals surface area contributed by atoms with Crippen LogP contribution in [0.25, 0.3) is 0 Å². The molecule has 0 aromatic carbocycles. The van der Waals surface area contributed by atoms with Crippen molar-refractivity contribution in [3.8, 4) is 0 Å². The highest BCUT2D eigenvalue weighted by Gasteiger charge is 2.26. The van der Waals surface area contributed by atoms with Gasteiger partial charge < -0.3 is 9.64 Å². The third-order valence-electron chi connectivity index (χ3n) is 3.98. The number of hydrogen-bond donors (Lipinski definition) is 1. The fourth-order valence-corrected chi connectivity index (χ4v) is 2.69. The second-order valence-electron chi connectivity index (χ2n) is 5.71. The highest BCUT2D eigenvalue weighted by Crippen LogP contribution is 2.38. The lowest BCUT2D eigenvalue weighted by Crippen LogP contribution is -2.45. The van der Waals surface area contributed by atoms with Crippen LogP contribution in [0, 0.1) is 0 Å². The lowest BCUT2D eigenvalue weighted by Gasteiger charge is -2.32. The van der Waals surface area contributed by atoms with Gasteiger partial charge in [-0.2, -0.15) is 5.10 Å². The number of piperidine rings is 1. The van der Waals surface area contributed by atoms with Gasteiger partial charge in [-0.3, -0.25) is 5.32 Å². The van der Waals surface area contributed by atoms with Crippen molar-refractivity contribution in [2.24, 2.45) is 0 Å². The molecule has 114 valence electrons. The Morgan fingerprint density at radius 1 is 1.38 bits per heavy atom. The third-order valence-corrected chi connectivity index (χ3v) is 3.98. The minimum Gasteiger partial charge on any atom is -0.377 e. The lowest BCUT2D eigenvalue weighted by atomic mass is 10.1. The number of nitrogens with one attached hydrogen (secondary N) is 1. The highest BCUT2D eigenvalue weighted by atomic mass is 16.5. The third kappa shape index (κ3) is 3.69. The van der Waals surface area contributed by atoms with E-state index >= 15 is 0 Å². The maximum absolute atomic E-state index is 12.2. The van der Waals surface area contributed by atoms with Gasteiger partial charge in [-0.25, -0.2) is 4.79 Å². The Kier molecular flexibility index (Phi) is 4.34. The Balaban J connectivity index is 1.54. The fraction of sp³-hybridized carbons (Fsp3) is 0.667. The Hall–Kier alpha value is -1.69. The molecule has 2 heterocycles. The van der Waals surface area contributed by atoms with Crippen molar-refractivity contribution in [1.29, 1.82) is 0 Å². The van der Waals surface area contributed by atoms with E-state index in [-0.39, 0.29) is 12.1 Å². The molecule has 2 amide bonds. The van der Waals surface area contributed by atoms with Crippen molar-refractivity contribution in [1.82, 2.24) is 15.1 Å². The van der Waals surface area contributed by atoms with Crippen LogP contribution >= 0.6 is 0 Å². The number of aromatic nitrogens is 2. The van der Waals surface area contributed by atoms with Crippen LogP contribution in [0.3, 0.4) is 0 Å². The van der Waals surface area contributed by atoms with Gasteiger partial charge in [0.2, 0.25) is 0 Å². The van der Waals surface area contributed by atoms with Crippen LogP contribution in [0.5, 0.6) is 0 Å². The van der Waals surface area contributed by atoms with Gasteiger partial charge in [0.25, 0.3) is 0 Å². The molecule has 1 N–H and O–H groups in total. The minimum atomic E-state index is -0.118. The molecule has 6 heteroatoms. The van der Waals surface area contributed by atoms with Gasteiger partial charge in [0, 0.05) is 25.6 Å². The molecule has 1 aromatic rings. The number of anilines is 1. The predicted molar refractivity (Wildman–Crippen MR) is 79.2 cm³/mol. The van der Waals surface area contributed by atoms with Crippen LogP contribution in [0.4, 0.5) is 10.6 Å². The van der Waals surface area contributed by atoms with Crippen molar-refractivity contribution in [2.75, 3.05) is 25.0 Å². The van der Waals surface area contributed by atoms with Crippen LogP contribution in [0.2, 0.25) is 0 Å². The molecule has 6 nitrogen and oxygen atoms in total. The number of carbonyl (C=O) groups excluding carboxylic acids is 1. The zero-order chi connectivity index (χ0) is 14.7. The number of hydrogen-bond acceptors (Lipinski definition) is 4. The summed E-state index contributed by atoms with van der Waals surface area (Å²) in [7, 11) is 0. The Labute approximate surface area is 124 Å². The fourth-order valence-electron chi connectivity index (χ4n) is 2.69. The van der Waals surface area contributed by atoms with E-state index < -0.39 is 0 Å². The molecule has 1 saturated carbocycles. The average molecular weight is 290 g/mol. The van der Waals surface area contributed by atoms with Crippen LogP contribution in [-0.2, 0) is 4.74 Å². The van der Waals surface area contributed by atoms with Crippen LogP contribution < -0.4 is 5.32 Å². The van der Waals surface area contributed by atoms with E-state index in [1.54, 1.807) is 4.90 Å². The molecule has 1 aliphatic heterocycles. The molecule has 0 spiro atoms. The number of amides is 2. The first kappa shape index (κ1) is 14.3. The van der Waals surface area contributed by atoms with Crippen LogP contribution in [-0.4, -0.2) is 46.9 Å². The van der Waals surface area contributed by atoms with Gasteiger partial charge in [-0.15, -0.1) is 5.10 Å². The van der Waals surface area contributed by atoms with E-state index in [2.05, 4.69) is 15.5 Å². The minimum absolute atomic E-state index is 0.118. The molecular formula is C15H22N4O2. The second kappa shape index (κ2) is 6.39. The highest BCUT2D eigenvalue weighted by molar-refractivity contribution is 5.88. The first-order valence-corrected chi connectivity index (χ1v) is 7.77. The Morgan fingerprint density at radius 3 is 2.90 bits per heavy atom. The number of nitrogens with zero attached hydrogens (tertiary/aromatic N) is 3. The SMILES string of the molecule is CCOC1CCCN(C(=O)Nc2ccc(C3CC3)nn2)C1. The van der Waals surface area contributed by atoms with Gasteiger partial charge in [0.15, 0.2) is 5.82 Å². The predicted octanol–water partition coefficient (Wildman–Crippen LogP) is 2.39. The summed E-state index contributed by atoms with van der Waals surface area (Å²) in [5, 5.41) is 11.1. The molecule has 0 radical (unpaired) electrons. The van der Waals surface area contributed by atoms with Gasteiger partial charge >= 0.3 is 6.03 Å². The zero-order valence-corrected chi connectivity index (χ0v) is 12.4. The molecule has 1 unspecified atom stereocenters. The maximum atomic E-state index is 12.2. The van der Waals surface area contributed by atoms with E-state index in [0.717, 1.165) is 25.1 Å². The molecule has 21 heavy (non-hydrogen) atoms. The molecule has 2 fully saturated rings. The van der Waals surface area contributed by atoms with Gasteiger partial charge in [0.05, 0.1) is 11.8 Å². The molecule has 1 saturated heterocycles. The van der Waals surface area contributed by atoms with Gasteiger partial charge in [-0.05, 0) is 44.7 Å². The summed E-state index contributed by atoms with van der Waals surface area (Å²) in [5.74, 6) is 1.10. The number of urea groups is 1. The first-order valence-electron chi connectivity index (χ1n) is 7.77. The molecule has 1 aliphatic carbocycles. The normalized spacial score (nSPS) is 22.1. The van der Waals surface area contributed by atoms with Gasteiger partial charge in [-0.1, -0.05) is 0 Å². The molecule has 2 aliphatic rings. The smallest absolute Gasteiger partial charge is 0.323 e. The number of carbonyl (C=O) groups is 1. The number of likely N-dealkylation sites (tertiary alicyclic amines) is 1. The zero-order valence-electron chi connectivity index (χ0n) is 12.4. The summed E-state index contributed by atoms with van der Waals surface area (Å²) in [6.07, 6.45) is 4.55. The summed E-state index contributed by atoms with van der Waals surface area (Å²) in [6.45, 7) is 4.08. The van der Waals surface area contributed by atoms with Crippen molar-refractivity contribution >= 4 is 11.8 Å². The van der Waals surface area contributed by atoms with Crippen molar-refractivity contribution in [3.05, 3.63) is 17.8 Å². The summed E-state index contributed by atoms with van der Waals surface area (Å²) < 4.78 is 5.61. The quantitative estimate of drug-likeness (QED) is 0.924. The molecule has 3 rings (SSSR count).